The van der Waals surface area contributed by atoms with Gasteiger partial charge in [-0.1, -0.05) is 11.6 Å². The van der Waals surface area contributed by atoms with Gasteiger partial charge in [0.1, 0.15) is 10.7 Å². The highest BCUT2D eigenvalue weighted by Crippen LogP contribution is 2.24. The highest BCUT2D eigenvalue weighted by atomic mass is 35.5. The van der Waals surface area contributed by atoms with Crippen molar-refractivity contribution in [2.24, 2.45) is 5.73 Å². The van der Waals surface area contributed by atoms with Crippen LogP contribution in [-0.4, -0.2) is 20.5 Å². The van der Waals surface area contributed by atoms with Crippen LogP contribution < -0.4 is 10.5 Å². The van der Waals surface area contributed by atoms with Crippen LogP contribution in [0.3, 0.4) is 0 Å². The van der Waals surface area contributed by atoms with Crippen LogP contribution in [-0.2, 0) is 10.0 Å². The topological polar surface area (TPSA) is 72.2 Å². The van der Waals surface area contributed by atoms with Gasteiger partial charge in [0.05, 0.1) is 5.02 Å². The molecule has 0 bridgehead atoms. The lowest BCUT2D eigenvalue weighted by atomic mass is 9.93. The summed E-state index contributed by atoms with van der Waals surface area (Å²) in [6.07, 6.45) is 3.01. The summed E-state index contributed by atoms with van der Waals surface area (Å²) in [5.41, 5.74) is 5.77. The Morgan fingerprint density at radius 2 is 1.85 bits per heavy atom. The molecular formula is C12H17Cl2FN2O2S. The van der Waals surface area contributed by atoms with Crippen LogP contribution in [0.15, 0.2) is 23.1 Å². The summed E-state index contributed by atoms with van der Waals surface area (Å²) in [6.45, 7) is 0. The average molecular weight is 343 g/mol. The third kappa shape index (κ3) is 4.30. The Labute approximate surface area is 129 Å². The quantitative estimate of drug-likeness (QED) is 0.886. The van der Waals surface area contributed by atoms with E-state index in [0.717, 1.165) is 25.0 Å². The Balaban J connectivity index is 0.00000200. The third-order valence-electron chi connectivity index (χ3n) is 3.28. The van der Waals surface area contributed by atoms with Gasteiger partial charge in [0.2, 0.25) is 10.0 Å². The molecule has 0 radical (unpaired) electrons. The van der Waals surface area contributed by atoms with Crippen LogP contribution in [0, 0.1) is 5.82 Å². The second-order valence-corrected chi connectivity index (χ2v) is 6.90. The summed E-state index contributed by atoms with van der Waals surface area (Å²) in [7, 11) is -3.71. The molecule has 0 heterocycles. The van der Waals surface area contributed by atoms with Gasteiger partial charge >= 0.3 is 0 Å². The van der Waals surface area contributed by atoms with Crippen molar-refractivity contribution >= 4 is 34.0 Å². The zero-order valence-electron chi connectivity index (χ0n) is 10.7. The lowest BCUT2D eigenvalue weighted by molar-refractivity contribution is 0.373. The van der Waals surface area contributed by atoms with E-state index in [2.05, 4.69) is 4.72 Å². The fourth-order valence-corrected chi connectivity index (χ4v) is 4.05. The predicted octanol–water partition coefficient (Wildman–Crippen LogP) is 2.45. The lowest BCUT2D eigenvalue weighted by Gasteiger charge is -2.26. The molecule has 8 heteroatoms. The van der Waals surface area contributed by atoms with Gasteiger partial charge in [0.15, 0.2) is 0 Å². The van der Waals surface area contributed by atoms with E-state index in [-0.39, 0.29) is 34.4 Å². The molecule has 1 aromatic rings. The van der Waals surface area contributed by atoms with Crippen LogP contribution in [0.5, 0.6) is 0 Å². The minimum atomic E-state index is -3.71. The first-order chi connectivity index (χ1) is 8.88. The number of hydrogen-bond acceptors (Lipinski definition) is 3. The molecule has 0 spiro atoms. The molecule has 1 aliphatic carbocycles. The first kappa shape index (κ1) is 17.7. The van der Waals surface area contributed by atoms with Crippen LogP contribution in [0.25, 0.3) is 0 Å². The lowest BCUT2D eigenvalue weighted by Crippen LogP contribution is -2.40. The summed E-state index contributed by atoms with van der Waals surface area (Å²) in [4.78, 5) is -0.0922. The third-order valence-corrected chi connectivity index (χ3v) is 5.28. The summed E-state index contributed by atoms with van der Waals surface area (Å²) in [5.74, 6) is -0.562. The first-order valence-corrected chi connectivity index (χ1v) is 7.97. The van der Waals surface area contributed by atoms with Crippen molar-refractivity contribution in [3.05, 3.63) is 29.0 Å². The van der Waals surface area contributed by atoms with Crippen LogP contribution >= 0.6 is 24.0 Å². The van der Waals surface area contributed by atoms with Crippen molar-refractivity contribution in [1.82, 2.24) is 4.72 Å². The molecule has 1 saturated carbocycles. The monoisotopic (exact) mass is 342 g/mol. The minimum Gasteiger partial charge on any atom is -0.328 e. The number of rotatable bonds is 3. The number of halogens is 3. The van der Waals surface area contributed by atoms with Gasteiger partial charge in [0, 0.05) is 12.1 Å². The molecule has 0 aliphatic heterocycles. The smallest absolute Gasteiger partial charge is 0.242 e. The maximum Gasteiger partial charge on any atom is 0.242 e. The van der Waals surface area contributed by atoms with Gasteiger partial charge in [-0.2, -0.15) is 0 Å². The van der Waals surface area contributed by atoms with E-state index in [4.69, 9.17) is 17.3 Å². The summed E-state index contributed by atoms with van der Waals surface area (Å²) < 4.78 is 39.9. The maximum absolute atomic E-state index is 12.9. The molecule has 1 fully saturated rings. The number of nitrogens with one attached hydrogen (secondary N) is 1. The molecule has 0 saturated heterocycles. The summed E-state index contributed by atoms with van der Waals surface area (Å²) in [5, 5.41) is -0.111. The fourth-order valence-electron chi connectivity index (χ4n) is 2.21. The van der Waals surface area contributed by atoms with E-state index in [9.17, 15) is 12.8 Å². The highest BCUT2D eigenvalue weighted by molar-refractivity contribution is 7.89. The van der Waals surface area contributed by atoms with Crippen molar-refractivity contribution < 1.29 is 12.8 Å². The largest absolute Gasteiger partial charge is 0.328 e. The van der Waals surface area contributed by atoms with Crippen molar-refractivity contribution in [2.45, 2.75) is 42.7 Å². The fraction of sp³-hybridized carbons (Fsp3) is 0.500. The standard InChI is InChI=1S/C12H16ClFN2O2S.ClH/c13-11-7-8(14)1-6-12(11)19(17,18)16-10-4-2-9(15)3-5-10;/h1,6-7,9-10,16H,2-5,15H2;1H. The molecule has 20 heavy (non-hydrogen) atoms. The molecule has 1 aliphatic rings. The Morgan fingerprint density at radius 1 is 1.25 bits per heavy atom. The highest BCUT2D eigenvalue weighted by Gasteiger charge is 2.25. The molecular weight excluding hydrogens is 326 g/mol. The summed E-state index contributed by atoms with van der Waals surface area (Å²) >= 11 is 5.78. The van der Waals surface area contributed by atoms with Crippen molar-refractivity contribution in [3.63, 3.8) is 0 Å². The van der Waals surface area contributed by atoms with E-state index in [0.29, 0.717) is 12.8 Å². The van der Waals surface area contributed by atoms with Crippen molar-refractivity contribution in [1.29, 1.82) is 0 Å². The molecule has 1 aromatic carbocycles. The van der Waals surface area contributed by atoms with Gasteiger partial charge < -0.3 is 5.73 Å². The molecule has 0 unspecified atom stereocenters. The van der Waals surface area contributed by atoms with E-state index >= 15 is 0 Å². The van der Waals surface area contributed by atoms with Gasteiger partial charge in [0.25, 0.3) is 0 Å². The Morgan fingerprint density at radius 3 is 2.40 bits per heavy atom. The Kier molecular flexibility index (Phi) is 6.22. The molecule has 4 nitrogen and oxygen atoms in total. The summed E-state index contributed by atoms with van der Waals surface area (Å²) in [6, 6.07) is 3.26. The molecule has 0 atom stereocenters. The second-order valence-electron chi connectivity index (χ2n) is 4.81. The average Bonchev–Trinajstić information content (AvgIpc) is 2.31. The van der Waals surface area contributed by atoms with E-state index in [1.54, 1.807) is 0 Å². The zero-order valence-corrected chi connectivity index (χ0v) is 13.1. The van der Waals surface area contributed by atoms with E-state index < -0.39 is 15.8 Å². The van der Waals surface area contributed by atoms with Gasteiger partial charge in [-0.05, 0) is 43.9 Å². The normalized spacial score (nSPS) is 23.1. The first-order valence-electron chi connectivity index (χ1n) is 6.11. The van der Waals surface area contributed by atoms with Crippen LogP contribution in [0.2, 0.25) is 5.02 Å². The number of nitrogens with two attached hydrogens (primary N) is 1. The van der Waals surface area contributed by atoms with Gasteiger partial charge in [-0.15, -0.1) is 12.4 Å². The number of sulfonamides is 1. The van der Waals surface area contributed by atoms with Gasteiger partial charge in [-0.25, -0.2) is 17.5 Å². The number of benzene rings is 1. The molecule has 0 amide bonds. The Bertz CT molecular complexity index is 561. The molecule has 114 valence electrons. The zero-order chi connectivity index (χ0) is 14.0. The maximum atomic E-state index is 12.9. The van der Waals surface area contributed by atoms with Crippen molar-refractivity contribution in [3.8, 4) is 0 Å². The van der Waals surface area contributed by atoms with Crippen molar-refractivity contribution in [2.75, 3.05) is 0 Å². The Hall–Kier alpha value is -0.400. The van der Waals surface area contributed by atoms with E-state index in [1.807, 2.05) is 0 Å². The molecule has 2 rings (SSSR count). The number of hydrogen-bond donors (Lipinski definition) is 2. The predicted molar refractivity (Wildman–Crippen MR) is 79.2 cm³/mol. The second kappa shape index (κ2) is 7.04. The van der Waals surface area contributed by atoms with E-state index in [1.165, 1.54) is 6.07 Å². The van der Waals surface area contributed by atoms with Crippen LogP contribution in [0.4, 0.5) is 4.39 Å². The molecule has 3 N–H and O–H groups in total. The van der Waals surface area contributed by atoms with Crippen LogP contribution in [0.1, 0.15) is 25.7 Å². The van der Waals surface area contributed by atoms with Gasteiger partial charge in [-0.3, -0.25) is 0 Å². The minimum absolute atomic E-state index is 0. The SMILES string of the molecule is Cl.NC1CCC(NS(=O)(=O)c2ccc(F)cc2Cl)CC1. The molecule has 0 aromatic heterocycles.